The van der Waals surface area contributed by atoms with E-state index >= 15 is 0 Å². The number of nitrogens with zero attached hydrogens (tertiary/aromatic N) is 1. The van der Waals surface area contributed by atoms with Crippen LogP contribution in [0.25, 0.3) is 0 Å². The molecule has 0 N–H and O–H groups in total. The highest BCUT2D eigenvalue weighted by molar-refractivity contribution is 8.13. The van der Waals surface area contributed by atoms with Gasteiger partial charge in [0.25, 0.3) is 9.05 Å². The monoisotopic (exact) mass is 349 g/mol. The lowest BCUT2D eigenvalue weighted by molar-refractivity contribution is -0.386. The van der Waals surface area contributed by atoms with Gasteiger partial charge >= 0.3 is 12.0 Å². The summed E-state index contributed by atoms with van der Waals surface area (Å²) in [5, 5.41) is 10.8. The first-order valence-electron chi connectivity index (χ1n) is 5.11. The van der Waals surface area contributed by atoms with Crippen LogP contribution in [0.2, 0.25) is 0 Å². The van der Waals surface area contributed by atoms with Crippen molar-refractivity contribution in [2.75, 3.05) is 6.61 Å². The van der Waals surface area contributed by atoms with Crippen LogP contribution < -0.4 is 9.47 Å². The number of hydrogen-bond acceptors (Lipinski definition) is 6. The van der Waals surface area contributed by atoms with Gasteiger partial charge in [-0.3, -0.25) is 10.1 Å². The third-order valence-electron chi connectivity index (χ3n) is 2.00. The molecule has 0 aromatic heterocycles. The third-order valence-corrected chi connectivity index (χ3v) is 3.33. The third kappa shape index (κ3) is 4.63. The van der Waals surface area contributed by atoms with Gasteiger partial charge in [0, 0.05) is 22.8 Å². The maximum atomic E-state index is 12.3. The largest absolute Gasteiger partial charge is 0.573 e. The van der Waals surface area contributed by atoms with Crippen LogP contribution in [0.3, 0.4) is 0 Å². The molecule has 21 heavy (non-hydrogen) atoms. The normalized spacial score (nSPS) is 12.0. The van der Waals surface area contributed by atoms with Crippen LogP contribution in [-0.4, -0.2) is 26.3 Å². The lowest BCUT2D eigenvalue weighted by Gasteiger charge is -2.14. The first-order chi connectivity index (χ1) is 9.45. The maximum absolute atomic E-state index is 12.3. The number of benzene rings is 1. The molecule has 0 aliphatic carbocycles. The van der Waals surface area contributed by atoms with Gasteiger partial charge in [0.2, 0.25) is 5.75 Å². The molecule has 0 radical (unpaired) electrons. The van der Waals surface area contributed by atoms with Crippen molar-refractivity contribution in [2.45, 2.75) is 18.2 Å². The van der Waals surface area contributed by atoms with Gasteiger partial charge < -0.3 is 9.47 Å². The van der Waals surface area contributed by atoms with Crippen molar-refractivity contribution >= 4 is 25.4 Å². The summed E-state index contributed by atoms with van der Waals surface area (Å²) in [5.74, 6) is -2.01. The van der Waals surface area contributed by atoms with Crippen LogP contribution in [0.15, 0.2) is 17.0 Å². The van der Waals surface area contributed by atoms with E-state index in [-0.39, 0.29) is 6.61 Å². The van der Waals surface area contributed by atoms with Crippen molar-refractivity contribution in [3.8, 4) is 11.5 Å². The Labute approximate surface area is 120 Å². The van der Waals surface area contributed by atoms with Gasteiger partial charge in [0.15, 0.2) is 5.75 Å². The highest BCUT2D eigenvalue weighted by atomic mass is 35.7. The van der Waals surface area contributed by atoms with E-state index in [0.29, 0.717) is 12.1 Å². The Morgan fingerprint density at radius 2 is 1.95 bits per heavy atom. The number of alkyl halides is 3. The van der Waals surface area contributed by atoms with Crippen molar-refractivity contribution in [1.82, 2.24) is 0 Å². The molecule has 0 saturated carbocycles. The summed E-state index contributed by atoms with van der Waals surface area (Å²) in [6.45, 7) is 1.16. The van der Waals surface area contributed by atoms with Crippen molar-refractivity contribution in [3.63, 3.8) is 0 Å². The molecule has 0 fully saturated rings. The summed E-state index contributed by atoms with van der Waals surface area (Å²) in [6, 6.07) is 0.879. The minimum Gasteiger partial charge on any atom is -0.485 e. The lowest BCUT2D eigenvalue weighted by Crippen LogP contribution is -2.18. The van der Waals surface area contributed by atoms with Crippen molar-refractivity contribution in [2.24, 2.45) is 0 Å². The molecule has 0 amide bonds. The van der Waals surface area contributed by atoms with Crippen LogP contribution in [-0.2, 0) is 9.05 Å². The van der Waals surface area contributed by atoms with Gasteiger partial charge in [0.05, 0.1) is 16.4 Å². The number of rotatable bonds is 5. The summed E-state index contributed by atoms with van der Waals surface area (Å²) < 4.78 is 67.5. The summed E-state index contributed by atoms with van der Waals surface area (Å²) in [4.78, 5) is 8.82. The van der Waals surface area contributed by atoms with E-state index < -0.39 is 42.4 Å². The first kappa shape index (κ1) is 17.3. The Morgan fingerprint density at radius 3 is 2.33 bits per heavy atom. The van der Waals surface area contributed by atoms with Crippen molar-refractivity contribution in [3.05, 3.63) is 22.2 Å². The number of nitro groups is 1. The second kappa shape index (κ2) is 5.93. The fraction of sp³-hybridized carbons (Fsp3) is 0.333. The molecule has 0 bridgehead atoms. The Morgan fingerprint density at radius 1 is 1.38 bits per heavy atom. The van der Waals surface area contributed by atoms with Gasteiger partial charge in [-0.05, 0) is 6.92 Å². The van der Waals surface area contributed by atoms with E-state index in [0.717, 1.165) is 0 Å². The highest BCUT2D eigenvalue weighted by Gasteiger charge is 2.36. The summed E-state index contributed by atoms with van der Waals surface area (Å²) >= 11 is 0. The topological polar surface area (TPSA) is 95.7 Å². The molecule has 0 aliphatic heterocycles. The van der Waals surface area contributed by atoms with E-state index in [4.69, 9.17) is 15.4 Å². The highest BCUT2D eigenvalue weighted by Crippen LogP contribution is 2.42. The maximum Gasteiger partial charge on any atom is 0.573 e. The van der Waals surface area contributed by atoms with E-state index in [1.54, 1.807) is 0 Å². The van der Waals surface area contributed by atoms with Crippen molar-refractivity contribution < 1.29 is 36.0 Å². The molecular formula is C9H7ClF3NO6S. The second-order valence-electron chi connectivity index (χ2n) is 3.45. The molecule has 0 unspecified atom stereocenters. The Balaban J connectivity index is 3.63. The SMILES string of the molecule is CCOc1c(OC(F)(F)F)cc(S(=O)(=O)Cl)cc1[N+](=O)[O-]. The van der Waals surface area contributed by atoms with Crippen LogP contribution >= 0.6 is 10.7 Å². The van der Waals surface area contributed by atoms with Gasteiger partial charge in [-0.15, -0.1) is 13.2 Å². The summed E-state index contributed by atoms with van der Waals surface area (Å²) in [7, 11) is 0.476. The fourth-order valence-electron chi connectivity index (χ4n) is 1.33. The molecule has 1 aromatic rings. The molecule has 7 nitrogen and oxygen atoms in total. The molecule has 0 atom stereocenters. The average Bonchev–Trinajstić information content (AvgIpc) is 2.27. The fourth-order valence-corrected chi connectivity index (χ4v) is 2.10. The minimum atomic E-state index is -5.20. The van der Waals surface area contributed by atoms with Crippen LogP contribution in [0.5, 0.6) is 11.5 Å². The van der Waals surface area contributed by atoms with Crippen LogP contribution in [0.4, 0.5) is 18.9 Å². The Kier molecular flexibility index (Phi) is 4.89. The first-order valence-corrected chi connectivity index (χ1v) is 7.42. The number of hydrogen-bond donors (Lipinski definition) is 0. The smallest absolute Gasteiger partial charge is 0.485 e. The van der Waals surface area contributed by atoms with E-state index in [1.165, 1.54) is 6.92 Å². The standard InChI is InChI=1S/C9H7ClF3NO6S/c1-2-19-8-6(14(15)16)3-5(21(10,17)18)4-7(8)20-9(11,12)13/h3-4H,2H2,1H3. The Hall–Kier alpha value is -1.75. The predicted molar refractivity (Wildman–Crippen MR) is 64.0 cm³/mol. The second-order valence-corrected chi connectivity index (χ2v) is 6.01. The van der Waals surface area contributed by atoms with Crippen molar-refractivity contribution in [1.29, 1.82) is 0 Å². The van der Waals surface area contributed by atoms with Gasteiger partial charge in [-0.1, -0.05) is 0 Å². The molecule has 0 heterocycles. The molecule has 12 heteroatoms. The van der Waals surface area contributed by atoms with E-state index in [9.17, 15) is 31.7 Å². The summed E-state index contributed by atoms with van der Waals surface area (Å²) in [6.07, 6.45) is -5.20. The van der Waals surface area contributed by atoms with Gasteiger partial charge in [-0.2, -0.15) is 0 Å². The number of nitro benzene ring substituents is 1. The molecule has 118 valence electrons. The van der Waals surface area contributed by atoms with Gasteiger partial charge in [0.1, 0.15) is 0 Å². The molecule has 1 rings (SSSR count). The number of halogens is 4. The quantitative estimate of drug-likeness (QED) is 0.461. The zero-order chi connectivity index (χ0) is 16.4. The lowest BCUT2D eigenvalue weighted by atomic mass is 10.2. The van der Waals surface area contributed by atoms with E-state index in [2.05, 4.69) is 4.74 Å². The molecule has 0 saturated heterocycles. The zero-order valence-electron chi connectivity index (χ0n) is 10.2. The van der Waals surface area contributed by atoms with E-state index in [1.807, 2.05) is 0 Å². The minimum absolute atomic E-state index is 0.206. The summed E-state index contributed by atoms with van der Waals surface area (Å²) in [5.41, 5.74) is -1.02. The molecular weight excluding hydrogens is 343 g/mol. The van der Waals surface area contributed by atoms with Crippen LogP contribution in [0.1, 0.15) is 6.92 Å². The predicted octanol–water partition coefficient (Wildman–Crippen LogP) is 2.82. The molecule has 0 aliphatic rings. The number of ether oxygens (including phenoxy) is 2. The molecule has 1 aromatic carbocycles. The average molecular weight is 350 g/mol. The Bertz CT molecular complexity index is 660. The molecule has 0 spiro atoms. The van der Waals surface area contributed by atoms with Crippen LogP contribution in [0, 0.1) is 10.1 Å². The zero-order valence-corrected chi connectivity index (χ0v) is 11.8. The van der Waals surface area contributed by atoms with Gasteiger partial charge in [-0.25, -0.2) is 8.42 Å².